The summed E-state index contributed by atoms with van der Waals surface area (Å²) in [5, 5.41) is 0. The van der Waals surface area contributed by atoms with Crippen LogP contribution in [-0.2, 0) is 4.74 Å². The highest BCUT2D eigenvalue weighted by atomic mass is 19.1. The van der Waals surface area contributed by atoms with E-state index in [1.807, 2.05) is 0 Å². The molecule has 0 saturated carbocycles. The molecule has 14 heavy (non-hydrogen) atoms. The molecular weight excluding hydrogens is 187 g/mol. The number of nitrogen functional groups attached to an aromatic ring is 2. The van der Waals surface area contributed by atoms with E-state index in [4.69, 9.17) is 16.2 Å². The number of halogens is 1. The molecule has 0 bridgehead atoms. The molecule has 0 aliphatic carbocycles. The number of benzene rings is 1. The Hall–Kier alpha value is -1.78. The molecule has 0 unspecified atom stereocenters. The molecule has 0 radical (unpaired) electrons. The third-order valence-electron chi connectivity index (χ3n) is 1.73. The first-order chi connectivity index (χ1) is 6.57. The predicted octanol–water partition coefficient (Wildman–Crippen LogP) is 1.17. The van der Waals surface area contributed by atoms with Gasteiger partial charge in [0.15, 0.2) is 0 Å². The first-order valence-electron chi connectivity index (χ1n) is 4.08. The molecule has 0 saturated heterocycles. The molecule has 0 aliphatic heterocycles. The molecule has 1 rings (SSSR count). The molecule has 1 aromatic rings. The summed E-state index contributed by atoms with van der Waals surface area (Å²) in [4.78, 5) is 11.2. The second-order valence-corrected chi connectivity index (χ2v) is 2.64. The number of esters is 1. The van der Waals surface area contributed by atoms with E-state index in [2.05, 4.69) is 0 Å². The van der Waals surface area contributed by atoms with E-state index in [9.17, 15) is 9.18 Å². The van der Waals surface area contributed by atoms with E-state index >= 15 is 0 Å². The normalized spacial score (nSPS) is 9.86. The lowest BCUT2D eigenvalue weighted by Gasteiger charge is -2.07. The second kappa shape index (κ2) is 3.95. The highest BCUT2D eigenvalue weighted by Crippen LogP contribution is 2.23. The Labute approximate surface area is 80.6 Å². The van der Waals surface area contributed by atoms with Crippen LogP contribution in [0, 0.1) is 5.82 Å². The number of hydrogen-bond acceptors (Lipinski definition) is 4. The molecule has 76 valence electrons. The number of carbonyl (C=O) groups excluding carboxylic acids is 1. The molecule has 4 nitrogen and oxygen atoms in total. The lowest BCUT2D eigenvalue weighted by atomic mass is 10.1. The van der Waals surface area contributed by atoms with Crippen LogP contribution in [0.2, 0.25) is 0 Å². The van der Waals surface area contributed by atoms with Gasteiger partial charge in [0.1, 0.15) is 5.82 Å². The smallest absolute Gasteiger partial charge is 0.340 e. The summed E-state index contributed by atoms with van der Waals surface area (Å²) in [5.74, 6) is -1.24. The maximum absolute atomic E-state index is 12.9. The van der Waals surface area contributed by atoms with Crippen molar-refractivity contribution in [3.8, 4) is 0 Å². The van der Waals surface area contributed by atoms with Crippen LogP contribution in [-0.4, -0.2) is 12.6 Å². The van der Waals surface area contributed by atoms with Gasteiger partial charge in [-0.25, -0.2) is 9.18 Å². The molecule has 0 spiro atoms. The van der Waals surface area contributed by atoms with Crippen LogP contribution in [0.1, 0.15) is 17.3 Å². The van der Waals surface area contributed by atoms with Crippen LogP contribution in [0.4, 0.5) is 15.8 Å². The fourth-order valence-corrected chi connectivity index (χ4v) is 0.997. The third kappa shape index (κ3) is 1.76. The average molecular weight is 198 g/mol. The van der Waals surface area contributed by atoms with Crippen LogP contribution >= 0.6 is 0 Å². The van der Waals surface area contributed by atoms with E-state index in [1.165, 1.54) is 6.07 Å². The van der Waals surface area contributed by atoms with Gasteiger partial charge in [0, 0.05) is 0 Å². The molecule has 1 aromatic carbocycles. The van der Waals surface area contributed by atoms with Crippen molar-refractivity contribution < 1.29 is 13.9 Å². The topological polar surface area (TPSA) is 78.3 Å². The Morgan fingerprint density at radius 1 is 1.43 bits per heavy atom. The van der Waals surface area contributed by atoms with Crippen molar-refractivity contribution in [2.75, 3.05) is 18.1 Å². The maximum Gasteiger partial charge on any atom is 0.340 e. The Kier molecular flexibility index (Phi) is 2.91. The Morgan fingerprint density at radius 3 is 2.64 bits per heavy atom. The summed E-state index contributed by atoms with van der Waals surface area (Å²) >= 11 is 0. The van der Waals surface area contributed by atoms with Gasteiger partial charge in [-0.2, -0.15) is 0 Å². The lowest BCUT2D eigenvalue weighted by molar-refractivity contribution is 0.0527. The second-order valence-electron chi connectivity index (χ2n) is 2.64. The van der Waals surface area contributed by atoms with Gasteiger partial charge in [0.2, 0.25) is 0 Å². The fraction of sp³-hybridized carbons (Fsp3) is 0.222. The minimum Gasteiger partial charge on any atom is -0.462 e. The molecule has 0 aromatic heterocycles. The zero-order valence-corrected chi connectivity index (χ0v) is 7.71. The molecule has 5 heteroatoms. The molecule has 0 amide bonds. The van der Waals surface area contributed by atoms with Gasteiger partial charge in [-0.15, -0.1) is 0 Å². The predicted molar refractivity (Wildman–Crippen MR) is 51.2 cm³/mol. The lowest BCUT2D eigenvalue weighted by Crippen LogP contribution is -2.10. The molecule has 0 aliphatic rings. The molecule has 0 atom stereocenters. The number of ether oxygens (including phenoxy) is 1. The van der Waals surface area contributed by atoms with Gasteiger partial charge in [-0.3, -0.25) is 0 Å². The van der Waals surface area contributed by atoms with Crippen molar-refractivity contribution in [3.63, 3.8) is 0 Å². The summed E-state index contributed by atoms with van der Waals surface area (Å²) in [5.41, 5.74) is 10.5. The number of anilines is 2. The van der Waals surface area contributed by atoms with Gasteiger partial charge in [-0.1, -0.05) is 0 Å². The Morgan fingerprint density at radius 2 is 2.07 bits per heavy atom. The van der Waals surface area contributed by atoms with Gasteiger partial charge in [-0.05, 0) is 19.1 Å². The van der Waals surface area contributed by atoms with E-state index in [-0.39, 0.29) is 23.5 Å². The van der Waals surface area contributed by atoms with Gasteiger partial charge in [0.05, 0.1) is 23.5 Å². The zero-order valence-electron chi connectivity index (χ0n) is 7.71. The highest BCUT2D eigenvalue weighted by molar-refractivity contribution is 5.98. The summed E-state index contributed by atoms with van der Waals surface area (Å²) < 4.78 is 17.6. The monoisotopic (exact) mass is 198 g/mol. The SMILES string of the molecule is CCOC(=O)c1ccc(F)c(N)c1N. The largest absolute Gasteiger partial charge is 0.462 e. The highest BCUT2D eigenvalue weighted by Gasteiger charge is 2.14. The number of rotatable bonds is 2. The quantitative estimate of drug-likeness (QED) is 0.552. The number of nitrogens with two attached hydrogens (primary N) is 2. The minimum atomic E-state index is -0.643. The standard InChI is InChI=1S/C9H11FN2O2/c1-2-14-9(13)5-3-4-6(10)8(12)7(5)11/h3-4H,2,11-12H2,1H3. The van der Waals surface area contributed by atoms with Gasteiger partial charge >= 0.3 is 5.97 Å². The summed E-state index contributed by atoms with van der Waals surface area (Å²) in [6.45, 7) is 1.90. The third-order valence-corrected chi connectivity index (χ3v) is 1.73. The maximum atomic E-state index is 12.9. The van der Waals surface area contributed by atoms with Crippen LogP contribution in [0.5, 0.6) is 0 Å². The average Bonchev–Trinajstić information content (AvgIpc) is 2.15. The minimum absolute atomic E-state index is 0.0801. The van der Waals surface area contributed by atoms with Crippen LogP contribution in [0.15, 0.2) is 12.1 Å². The first-order valence-corrected chi connectivity index (χ1v) is 4.08. The van der Waals surface area contributed by atoms with E-state index in [1.54, 1.807) is 6.92 Å². The Bertz CT molecular complexity index is 366. The number of carbonyl (C=O) groups is 1. The van der Waals surface area contributed by atoms with Crippen LogP contribution < -0.4 is 11.5 Å². The van der Waals surface area contributed by atoms with Crippen molar-refractivity contribution in [2.24, 2.45) is 0 Å². The summed E-state index contributed by atoms with van der Waals surface area (Å²) in [7, 11) is 0. The molecule has 0 heterocycles. The van der Waals surface area contributed by atoms with Crippen molar-refractivity contribution in [1.82, 2.24) is 0 Å². The van der Waals surface area contributed by atoms with E-state index in [0.29, 0.717) is 0 Å². The van der Waals surface area contributed by atoms with Crippen molar-refractivity contribution in [1.29, 1.82) is 0 Å². The van der Waals surface area contributed by atoms with Gasteiger partial charge in [0.25, 0.3) is 0 Å². The summed E-state index contributed by atoms with van der Waals surface area (Å²) in [6, 6.07) is 2.33. The molecular formula is C9H11FN2O2. The number of hydrogen-bond donors (Lipinski definition) is 2. The van der Waals surface area contributed by atoms with Crippen molar-refractivity contribution >= 4 is 17.3 Å². The molecule has 0 fully saturated rings. The Balaban J connectivity index is 3.11. The van der Waals surface area contributed by atoms with Crippen LogP contribution in [0.3, 0.4) is 0 Å². The first kappa shape index (κ1) is 10.3. The van der Waals surface area contributed by atoms with E-state index in [0.717, 1.165) is 6.07 Å². The van der Waals surface area contributed by atoms with Gasteiger partial charge < -0.3 is 16.2 Å². The van der Waals surface area contributed by atoms with Crippen molar-refractivity contribution in [2.45, 2.75) is 6.92 Å². The fourth-order valence-electron chi connectivity index (χ4n) is 0.997. The van der Waals surface area contributed by atoms with Crippen molar-refractivity contribution in [3.05, 3.63) is 23.5 Å². The molecule has 4 N–H and O–H groups in total. The zero-order chi connectivity index (χ0) is 10.7. The van der Waals surface area contributed by atoms with E-state index < -0.39 is 11.8 Å². The van der Waals surface area contributed by atoms with Crippen LogP contribution in [0.25, 0.3) is 0 Å². The summed E-state index contributed by atoms with van der Waals surface area (Å²) in [6.07, 6.45) is 0.